The summed E-state index contributed by atoms with van der Waals surface area (Å²) in [7, 11) is 0. The lowest BCUT2D eigenvalue weighted by Gasteiger charge is -2.08. The van der Waals surface area contributed by atoms with Crippen LogP contribution in [0.15, 0.2) is 24.3 Å². The molecule has 0 amide bonds. The van der Waals surface area contributed by atoms with Crippen molar-refractivity contribution in [2.75, 3.05) is 0 Å². The van der Waals surface area contributed by atoms with Gasteiger partial charge in [-0.3, -0.25) is 0 Å². The molecule has 1 aromatic rings. The Hall–Kier alpha value is -1.55. The first kappa shape index (κ1) is 12.4. The summed E-state index contributed by atoms with van der Waals surface area (Å²) in [5, 5.41) is 17.2. The fourth-order valence-corrected chi connectivity index (χ4v) is 1.13. The third kappa shape index (κ3) is 2.74. The van der Waals surface area contributed by atoms with Crippen molar-refractivity contribution in [3.63, 3.8) is 0 Å². The molecule has 1 atom stereocenters. The molecule has 0 saturated heterocycles. The van der Waals surface area contributed by atoms with Crippen molar-refractivity contribution in [2.45, 2.75) is 12.5 Å². The summed E-state index contributed by atoms with van der Waals surface area (Å²) in [4.78, 5) is 0. The monoisotopic (exact) mass is 207 g/mol. The van der Waals surface area contributed by atoms with Crippen molar-refractivity contribution in [3.8, 4) is 12.1 Å². The minimum absolute atomic E-state index is 0. The Morgan fingerprint density at radius 2 is 1.93 bits per heavy atom. The molecule has 1 aromatic carbocycles. The summed E-state index contributed by atoms with van der Waals surface area (Å²) in [6.45, 7) is 0. The Bertz CT molecular complexity index is 376. The van der Waals surface area contributed by atoms with E-state index in [0.717, 1.165) is 5.56 Å². The molecule has 0 aliphatic carbocycles. The van der Waals surface area contributed by atoms with E-state index in [1.54, 1.807) is 18.2 Å². The highest BCUT2D eigenvalue weighted by Gasteiger charge is 2.08. The largest absolute Gasteiger partial charge is 0.323 e. The van der Waals surface area contributed by atoms with E-state index in [0.29, 0.717) is 5.56 Å². The SMILES string of the molecule is Cl.N#CC[C@H](N)c1ccccc1C#N. The summed E-state index contributed by atoms with van der Waals surface area (Å²) in [5.74, 6) is 0. The van der Waals surface area contributed by atoms with Crippen LogP contribution < -0.4 is 5.73 Å². The summed E-state index contributed by atoms with van der Waals surface area (Å²) >= 11 is 0. The van der Waals surface area contributed by atoms with E-state index in [1.807, 2.05) is 18.2 Å². The molecule has 0 aromatic heterocycles. The second-order valence-electron chi connectivity index (χ2n) is 2.67. The number of nitriles is 2. The summed E-state index contributed by atoms with van der Waals surface area (Å²) in [5.41, 5.74) is 7.00. The highest BCUT2D eigenvalue weighted by Crippen LogP contribution is 2.17. The minimum atomic E-state index is -0.360. The first-order chi connectivity index (χ1) is 6.29. The van der Waals surface area contributed by atoms with Crippen molar-refractivity contribution in [1.29, 1.82) is 10.5 Å². The van der Waals surface area contributed by atoms with Crippen molar-refractivity contribution in [1.82, 2.24) is 0 Å². The van der Waals surface area contributed by atoms with Crippen LogP contribution in [0.25, 0.3) is 0 Å². The molecule has 1 rings (SSSR count). The van der Waals surface area contributed by atoms with Crippen LogP contribution in [0.5, 0.6) is 0 Å². The maximum atomic E-state index is 8.75. The first-order valence-electron chi connectivity index (χ1n) is 3.91. The van der Waals surface area contributed by atoms with Gasteiger partial charge in [0.25, 0.3) is 0 Å². The van der Waals surface area contributed by atoms with E-state index < -0.39 is 0 Å². The van der Waals surface area contributed by atoms with Gasteiger partial charge in [-0.05, 0) is 11.6 Å². The van der Waals surface area contributed by atoms with Crippen molar-refractivity contribution >= 4 is 12.4 Å². The van der Waals surface area contributed by atoms with Gasteiger partial charge in [0.2, 0.25) is 0 Å². The minimum Gasteiger partial charge on any atom is -0.323 e. The number of nitrogens with two attached hydrogens (primary N) is 1. The molecule has 0 radical (unpaired) electrons. The maximum absolute atomic E-state index is 8.75. The lowest BCUT2D eigenvalue weighted by Crippen LogP contribution is -2.10. The van der Waals surface area contributed by atoms with Gasteiger partial charge in [-0.2, -0.15) is 10.5 Å². The Balaban J connectivity index is 0.00000169. The molecule has 0 fully saturated rings. The molecule has 0 heterocycles. The van der Waals surface area contributed by atoms with Crippen molar-refractivity contribution in [3.05, 3.63) is 35.4 Å². The van der Waals surface area contributed by atoms with Crippen molar-refractivity contribution < 1.29 is 0 Å². The van der Waals surface area contributed by atoms with Gasteiger partial charge in [0, 0.05) is 6.04 Å². The molecule has 0 aliphatic rings. The van der Waals surface area contributed by atoms with Gasteiger partial charge in [0.05, 0.1) is 24.1 Å². The third-order valence-electron chi connectivity index (χ3n) is 1.79. The van der Waals surface area contributed by atoms with Gasteiger partial charge >= 0.3 is 0 Å². The van der Waals surface area contributed by atoms with E-state index >= 15 is 0 Å². The summed E-state index contributed by atoms with van der Waals surface area (Å²) < 4.78 is 0. The number of hydrogen-bond donors (Lipinski definition) is 1. The third-order valence-corrected chi connectivity index (χ3v) is 1.79. The Morgan fingerprint density at radius 3 is 2.50 bits per heavy atom. The number of nitrogens with zero attached hydrogens (tertiary/aromatic N) is 2. The smallest absolute Gasteiger partial charge is 0.0995 e. The predicted molar refractivity (Wildman–Crippen MR) is 55.6 cm³/mol. The molecule has 0 saturated carbocycles. The zero-order valence-corrected chi connectivity index (χ0v) is 8.29. The molecule has 0 spiro atoms. The number of benzene rings is 1. The number of hydrogen-bond acceptors (Lipinski definition) is 3. The van der Waals surface area contributed by atoms with E-state index in [2.05, 4.69) is 0 Å². The molecule has 2 N–H and O–H groups in total. The van der Waals surface area contributed by atoms with Crippen LogP contribution >= 0.6 is 12.4 Å². The average Bonchev–Trinajstić information content (AvgIpc) is 2.18. The Morgan fingerprint density at radius 1 is 1.29 bits per heavy atom. The quantitative estimate of drug-likeness (QED) is 0.805. The first-order valence-corrected chi connectivity index (χ1v) is 3.91. The summed E-state index contributed by atoms with van der Waals surface area (Å²) in [6.07, 6.45) is 0.235. The predicted octanol–water partition coefficient (Wildman–Crippen LogP) is 1.89. The fraction of sp³-hybridized carbons (Fsp3) is 0.200. The Labute approximate surface area is 89.2 Å². The number of halogens is 1. The standard InChI is InChI=1S/C10H9N3.ClH/c11-6-5-10(13)9-4-2-1-3-8(9)7-12;/h1-4,10H,5,13H2;1H/t10-;/m0./s1. The van der Waals surface area contributed by atoms with Gasteiger partial charge in [0.15, 0.2) is 0 Å². The van der Waals surface area contributed by atoms with Crippen LogP contribution in [0.4, 0.5) is 0 Å². The van der Waals surface area contributed by atoms with Crippen LogP contribution in [0.3, 0.4) is 0 Å². The second-order valence-corrected chi connectivity index (χ2v) is 2.67. The molecule has 0 aliphatic heterocycles. The second kappa shape index (κ2) is 5.99. The van der Waals surface area contributed by atoms with Gasteiger partial charge < -0.3 is 5.73 Å². The normalized spacial score (nSPS) is 10.5. The van der Waals surface area contributed by atoms with E-state index in [1.165, 1.54) is 0 Å². The molecule has 0 unspecified atom stereocenters. The zero-order chi connectivity index (χ0) is 9.68. The molecule has 3 nitrogen and oxygen atoms in total. The van der Waals surface area contributed by atoms with Crippen LogP contribution in [0.1, 0.15) is 23.6 Å². The van der Waals surface area contributed by atoms with E-state index in [4.69, 9.17) is 16.3 Å². The molecule has 4 heteroatoms. The van der Waals surface area contributed by atoms with Gasteiger partial charge in [-0.25, -0.2) is 0 Å². The maximum Gasteiger partial charge on any atom is 0.0995 e. The highest BCUT2D eigenvalue weighted by atomic mass is 35.5. The highest BCUT2D eigenvalue weighted by molar-refractivity contribution is 5.85. The summed E-state index contributed by atoms with van der Waals surface area (Å²) in [6, 6.07) is 10.7. The fourth-order valence-electron chi connectivity index (χ4n) is 1.13. The van der Waals surface area contributed by atoms with E-state index in [9.17, 15) is 0 Å². The number of rotatable bonds is 2. The van der Waals surface area contributed by atoms with Gasteiger partial charge in [-0.1, -0.05) is 18.2 Å². The molecule has 14 heavy (non-hydrogen) atoms. The molecule has 72 valence electrons. The zero-order valence-electron chi connectivity index (χ0n) is 7.47. The van der Waals surface area contributed by atoms with Crippen LogP contribution in [0.2, 0.25) is 0 Å². The van der Waals surface area contributed by atoms with Gasteiger partial charge in [0.1, 0.15) is 0 Å². The van der Waals surface area contributed by atoms with Crippen molar-refractivity contribution in [2.24, 2.45) is 5.73 Å². The van der Waals surface area contributed by atoms with Crippen LogP contribution in [-0.4, -0.2) is 0 Å². The van der Waals surface area contributed by atoms with Crippen LogP contribution in [-0.2, 0) is 0 Å². The van der Waals surface area contributed by atoms with E-state index in [-0.39, 0.29) is 24.9 Å². The lowest BCUT2D eigenvalue weighted by molar-refractivity contribution is 0.746. The van der Waals surface area contributed by atoms with Crippen LogP contribution in [0, 0.1) is 22.7 Å². The topological polar surface area (TPSA) is 73.6 Å². The molecule has 0 bridgehead atoms. The lowest BCUT2D eigenvalue weighted by atomic mass is 10.00. The molecular weight excluding hydrogens is 198 g/mol. The van der Waals surface area contributed by atoms with Gasteiger partial charge in [-0.15, -0.1) is 12.4 Å². The average molecular weight is 208 g/mol. The Kier molecular flexibility index (Phi) is 5.33. The molecular formula is C10H10ClN3.